The lowest BCUT2D eigenvalue weighted by atomic mass is 9.63. The molecular formula is C27H34N2O5Si. The normalized spacial score (nSPS) is 24.5. The Labute approximate surface area is 207 Å². The van der Waals surface area contributed by atoms with E-state index < -0.39 is 31.7 Å². The second-order valence-electron chi connectivity index (χ2n) is 11.1. The maximum Gasteiger partial charge on any atom is 0.265 e. The van der Waals surface area contributed by atoms with Crippen molar-refractivity contribution in [3.8, 4) is 5.88 Å². The molecule has 0 N–H and O–H groups in total. The number of hydrogen-bond acceptors (Lipinski definition) is 7. The number of carbonyl (C=O) groups excluding carboxylic acids is 2. The number of ether oxygens (including phenoxy) is 1. The molecule has 2 aromatic rings. The molecule has 4 rings (SSSR count). The van der Waals surface area contributed by atoms with Gasteiger partial charge in [0.25, 0.3) is 5.88 Å². The zero-order valence-electron chi connectivity index (χ0n) is 21.5. The van der Waals surface area contributed by atoms with Crippen LogP contribution in [-0.4, -0.2) is 49.6 Å². The summed E-state index contributed by atoms with van der Waals surface area (Å²) in [6.07, 6.45) is 3.10. The van der Waals surface area contributed by atoms with Crippen LogP contribution >= 0.6 is 0 Å². The minimum absolute atomic E-state index is 0.0744. The van der Waals surface area contributed by atoms with Crippen LogP contribution in [0.15, 0.2) is 59.2 Å². The van der Waals surface area contributed by atoms with Gasteiger partial charge in [0.2, 0.25) is 5.78 Å². The first-order chi connectivity index (χ1) is 16.3. The van der Waals surface area contributed by atoms with Crippen LogP contribution in [0.3, 0.4) is 0 Å². The van der Waals surface area contributed by atoms with Crippen LogP contribution in [0.4, 0.5) is 0 Å². The van der Waals surface area contributed by atoms with E-state index >= 15 is 0 Å². The first-order valence-corrected chi connectivity index (χ1v) is 14.7. The van der Waals surface area contributed by atoms with Crippen LogP contribution in [0.25, 0.3) is 0 Å². The molecule has 2 aliphatic rings. The number of rotatable bonds is 6. The summed E-state index contributed by atoms with van der Waals surface area (Å²) in [5.41, 5.74) is -0.0188. The van der Waals surface area contributed by atoms with E-state index in [4.69, 9.17) is 13.7 Å². The number of carbonyl (C=O) groups is 2. The zero-order valence-corrected chi connectivity index (χ0v) is 22.5. The summed E-state index contributed by atoms with van der Waals surface area (Å²) < 4.78 is 18.5. The number of Topliss-reactive ketones (excluding diaryl/α,β-unsaturated/α-hetero) is 1. The fourth-order valence-electron chi connectivity index (χ4n) is 4.61. The molecule has 1 unspecified atom stereocenters. The Morgan fingerprint density at radius 1 is 1.14 bits per heavy atom. The van der Waals surface area contributed by atoms with Gasteiger partial charge in [-0.2, -0.15) is 0 Å². The summed E-state index contributed by atoms with van der Waals surface area (Å²) in [7, 11) is 1.16. The minimum atomic E-state index is -2.60. The predicted molar refractivity (Wildman–Crippen MR) is 136 cm³/mol. The van der Waals surface area contributed by atoms with Crippen molar-refractivity contribution in [2.24, 2.45) is 5.92 Å². The summed E-state index contributed by atoms with van der Waals surface area (Å²) >= 11 is 0. The van der Waals surface area contributed by atoms with Gasteiger partial charge in [0, 0.05) is 5.92 Å². The van der Waals surface area contributed by atoms with Crippen LogP contribution in [-0.2, 0) is 15.8 Å². The molecule has 1 aromatic carbocycles. The minimum Gasteiger partial charge on any atom is -0.470 e. The average molecular weight is 495 g/mol. The van der Waals surface area contributed by atoms with Crippen molar-refractivity contribution in [1.82, 2.24) is 10.1 Å². The van der Waals surface area contributed by atoms with Crippen LogP contribution in [0, 0.1) is 5.92 Å². The van der Waals surface area contributed by atoms with E-state index in [1.165, 1.54) is 6.08 Å². The largest absolute Gasteiger partial charge is 0.470 e. The Bertz CT molecular complexity index is 1190. The lowest BCUT2D eigenvalue weighted by Crippen LogP contribution is -2.66. The summed E-state index contributed by atoms with van der Waals surface area (Å²) in [5.74, 6) is -1.06. The number of nitrogens with zero attached hydrogens (tertiary/aromatic N) is 2. The highest BCUT2D eigenvalue weighted by molar-refractivity contribution is 6.74. The third kappa shape index (κ3) is 4.03. The van der Waals surface area contributed by atoms with E-state index in [1.54, 1.807) is 6.08 Å². The van der Waals surface area contributed by atoms with Gasteiger partial charge in [-0.1, -0.05) is 63.8 Å². The van der Waals surface area contributed by atoms with Crippen LogP contribution < -0.4 is 4.74 Å². The second-order valence-corrected chi connectivity index (χ2v) is 15.8. The number of allylic oxidation sites excluding steroid dienone is 1. The molecule has 0 fully saturated rings. The molecule has 0 radical (unpaired) electrons. The molecule has 0 aliphatic heterocycles. The molecule has 0 spiro atoms. The van der Waals surface area contributed by atoms with Gasteiger partial charge in [0.15, 0.2) is 25.5 Å². The van der Waals surface area contributed by atoms with E-state index in [-0.39, 0.29) is 28.9 Å². The molecule has 0 saturated heterocycles. The van der Waals surface area contributed by atoms with E-state index in [2.05, 4.69) is 32.5 Å². The fraction of sp³-hybridized carbons (Fsp3) is 0.444. The number of benzene rings is 1. The van der Waals surface area contributed by atoms with Gasteiger partial charge >= 0.3 is 0 Å². The Hall–Kier alpha value is -2.81. The van der Waals surface area contributed by atoms with Crippen molar-refractivity contribution >= 4 is 19.9 Å². The molecule has 8 heteroatoms. The number of ketones is 2. The van der Waals surface area contributed by atoms with Crippen molar-refractivity contribution in [1.29, 1.82) is 0 Å². The molecule has 3 atom stereocenters. The number of aromatic nitrogens is 1. The quantitative estimate of drug-likeness (QED) is 0.407. The zero-order chi connectivity index (χ0) is 25.8. The SMILES string of the molecule is C=C1C=CC(=O)[C@]2(O[Si](C)(C)C(C)(C)C)C(=O)c3c(OCc4ccccc4)noc3C(N(C)C)[C@H]12. The Morgan fingerprint density at radius 3 is 2.40 bits per heavy atom. The maximum absolute atomic E-state index is 14.4. The standard InChI is InChI=1S/C27H34N2O5Si/c1-17-14-15-19(30)27(34-35(7,8)26(2,3)4)21(17)22(29(5)6)23-20(24(27)31)25(28-33-23)32-16-18-12-10-9-11-13-18/h9-15,21-22H,1,16H2,2-8H3/t21-,22?,27+/m0/s1. The third-order valence-electron chi connectivity index (χ3n) is 7.49. The molecule has 0 bridgehead atoms. The van der Waals surface area contributed by atoms with Gasteiger partial charge in [-0.05, 0) is 54.6 Å². The monoisotopic (exact) mass is 494 g/mol. The summed E-state index contributed by atoms with van der Waals surface area (Å²) in [4.78, 5) is 30.1. The Balaban J connectivity index is 1.89. The van der Waals surface area contributed by atoms with Crippen molar-refractivity contribution in [3.63, 3.8) is 0 Å². The van der Waals surface area contributed by atoms with Crippen LogP contribution in [0.2, 0.25) is 18.1 Å². The molecule has 7 nitrogen and oxygen atoms in total. The predicted octanol–water partition coefficient (Wildman–Crippen LogP) is 5.12. The average Bonchev–Trinajstić information content (AvgIpc) is 3.19. The number of fused-ring (bicyclic) bond motifs is 2. The lowest BCUT2D eigenvalue weighted by molar-refractivity contribution is -0.133. The molecule has 35 heavy (non-hydrogen) atoms. The van der Waals surface area contributed by atoms with Crippen molar-refractivity contribution in [2.45, 2.75) is 57.2 Å². The highest BCUT2D eigenvalue weighted by Gasteiger charge is 2.66. The molecule has 186 valence electrons. The van der Waals surface area contributed by atoms with Gasteiger partial charge in [-0.15, -0.1) is 0 Å². The Kier molecular flexibility index (Phi) is 6.28. The third-order valence-corrected chi connectivity index (χ3v) is 11.9. The fourth-order valence-corrected chi connectivity index (χ4v) is 6.04. The maximum atomic E-state index is 14.4. The van der Waals surface area contributed by atoms with E-state index in [0.29, 0.717) is 11.3 Å². The first kappa shape index (κ1) is 25.3. The summed E-state index contributed by atoms with van der Waals surface area (Å²) in [6.45, 7) is 14.8. The van der Waals surface area contributed by atoms with Crippen molar-refractivity contribution in [3.05, 3.63) is 71.5 Å². The second kappa shape index (κ2) is 8.69. The molecule has 2 aliphatic carbocycles. The molecule has 1 aromatic heterocycles. The van der Waals surface area contributed by atoms with Gasteiger partial charge in [0.1, 0.15) is 12.2 Å². The summed E-state index contributed by atoms with van der Waals surface area (Å²) in [6, 6.07) is 9.10. The van der Waals surface area contributed by atoms with Crippen LogP contribution in [0.5, 0.6) is 5.88 Å². The van der Waals surface area contributed by atoms with E-state index in [9.17, 15) is 9.59 Å². The highest BCUT2D eigenvalue weighted by atomic mass is 28.4. The smallest absolute Gasteiger partial charge is 0.265 e. The topological polar surface area (TPSA) is 81.9 Å². The van der Waals surface area contributed by atoms with E-state index in [0.717, 1.165) is 5.56 Å². The molecule has 1 heterocycles. The van der Waals surface area contributed by atoms with Gasteiger partial charge in [-0.3, -0.25) is 14.5 Å². The van der Waals surface area contributed by atoms with Crippen molar-refractivity contribution in [2.75, 3.05) is 14.1 Å². The van der Waals surface area contributed by atoms with Gasteiger partial charge < -0.3 is 13.7 Å². The highest BCUT2D eigenvalue weighted by Crippen LogP contribution is 2.54. The number of hydrogen-bond donors (Lipinski definition) is 0. The first-order valence-electron chi connectivity index (χ1n) is 11.8. The van der Waals surface area contributed by atoms with E-state index in [1.807, 2.05) is 62.4 Å². The van der Waals surface area contributed by atoms with Gasteiger partial charge in [-0.25, -0.2) is 0 Å². The summed E-state index contributed by atoms with van der Waals surface area (Å²) in [5, 5.41) is 3.90. The Morgan fingerprint density at radius 2 is 1.80 bits per heavy atom. The van der Waals surface area contributed by atoms with Crippen molar-refractivity contribution < 1.29 is 23.3 Å². The lowest BCUT2D eigenvalue weighted by Gasteiger charge is -2.52. The molecular weight excluding hydrogens is 460 g/mol. The molecule has 0 amide bonds. The molecule has 0 saturated carbocycles. The van der Waals surface area contributed by atoms with Gasteiger partial charge in [0.05, 0.1) is 6.04 Å². The van der Waals surface area contributed by atoms with Crippen LogP contribution in [0.1, 0.15) is 48.5 Å².